The molecule has 0 aromatic carbocycles. The Balaban J connectivity index is 2.65. The Morgan fingerprint density at radius 3 is 2.86 bits per heavy atom. The Morgan fingerprint density at radius 2 is 2.29 bits per heavy atom. The lowest BCUT2D eigenvalue weighted by Gasteiger charge is -2.06. The van der Waals surface area contributed by atoms with Crippen molar-refractivity contribution in [1.82, 2.24) is 10.3 Å². The Kier molecular flexibility index (Phi) is 3.45. The second-order valence-corrected chi connectivity index (χ2v) is 3.55. The summed E-state index contributed by atoms with van der Waals surface area (Å²) in [5.74, 6) is 0.200. The van der Waals surface area contributed by atoms with Crippen LogP contribution >= 0.6 is 0 Å². The lowest BCUT2D eigenvalue weighted by molar-refractivity contribution is 0.0949. The molecule has 0 unspecified atom stereocenters. The van der Waals surface area contributed by atoms with Gasteiger partial charge in [0.15, 0.2) is 0 Å². The number of nitrogens with one attached hydrogen (secondary N) is 2. The fraction of sp³-hybridized carbons (Fsp3) is 0.400. The van der Waals surface area contributed by atoms with Crippen LogP contribution in [-0.2, 0) is 0 Å². The fourth-order valence-corrected chi connectivity index (χ4v) is 0.985. The summed E-state index contributed by atoms with van der Waals surface area (Å²) >= 11 is 0. The van der Waals surface area contributed by atoms with Gasteiger partial charge in [-0.3, -0.25) is 9.59 Å². The minimum Gasteiger partial charge on any atom is -0.352 e. The van der Waals surface area contributed by atoms with Crippen molar-refractivity contribution >= 4 is 5.91 Å². The molecule has 0 aliphatic carbocycles. The van der Waals surface area contributed by atoms with Gasteiger partial charge in [-0.25, -0.2) is 0 Å². The zero-order valence-electron chi connectivity index (χ0n) is 8.33. The first-order valence-corrected chi connectivity index (χ1v) is 4.56. The van der Waals surface area contributed by atoms with E-state index in [9.17, 15) is 9.59 Å². The van der Waals surface area contributed by atoms with E-state index in [1.165, 1.54) is 12.3 Å². The van der Waals surface area contributed by atoms with Crippen LogP contribution in [0.1, 0.15) is 24.2 Å². The summed E-state index contributed by atoms with van der Waals surface area (Å²) in [4.78, 5) is 24.8. The first kappa shape index (κ1) is 10.5. The van der Waals surface area contributed by atoms with Gasteiger partial charge in [-0.1, -0.05) is 13.8 Å². The standard InChI is InChI=1S/C10H14N2O2/c1-7(2)6-12-10(14)8-3-4-11-9(13)5-8/h3-5,7H,6H2,1-2H3,(H,11,13)(H,12,14). The van der Waals surface area contributed by atoms with Crippen molar-refractivity contribution in [3.63, 3.8) is 0 Å². The molecule has 0 atom stereocenters. The predicted molar refractivity (Wildman–Crippen MR) is 54.2 cm³/mol. The maximum absolute atomic E-state index is 11.4. The van der Waals surface area contributed by atoms with Crippen LogP contribution in [0, 0.1) is 5.92 Å². The monoisotopic (exact) mass is 194 g/mol. The largest absolute Gasteiger partial charge is 0.352 e. The van der Waals surface area contributed by atoms with Gasteiger partial charge >= 0.3 is 0 Å². The number of hydrogen-bond acceptors (Lipinski definition) is 2. The van der Waals surface area contributed by atoms with Gasteiger partial charge in [0.05, 0.1) is 0 Å². The zero-order chi connectivity index (χ0) is 10.6. The molecule has 76 valence electrons. The van der Waals surface area contributed by atoms with Gasteiger partial charge in [0.25, 0.3) is 5.91 Å². The van der Waals surface area contributed by atoms with Crippen LogP contribution in [-0.4, -0.2) is 17.4 Å². The Morgan fingerprint density at radius 1 is 1.57 bits per heavy atom. The van der Waals surface area contributed by atoms with E-state index < -0.39 is 0 Å². The van der Waals surface area contributed by atoms with E-state index in [0.29, 0.717) is 18.0 Å². The van der Waals surface area contributed by atoms with E-state index in [2.05, 4.69) is 10.3 Å². The smallest absolute Gasteiger partial charge is 0.251 e. The van der Waals surface area contributed by atoms with Crippen LogP contribution in [0.25, 0.3) is 0 Å². The third-order valence-electron chi connectivity index (χ3n) is 1.71. The highest BCUT2D eigenvalue weighted by atomic mass is 16.2. The highest BCUT2D eigenvalue weighted by Gasteiger charge is 2.05. The number of rotatable bonds is 3. The molecule has 1 aromatic heterocycles. The summed E-state index contributed by atoms with van der Waals surface area (Å²) in [6.45, 7) is 4.64. The molecule has 0 spiro atoms. The van der Waals surface area contributed by atoms with E-state index >= 15 is 0 Å². The third kappa shape index (κ3) is 3.05. The van der Waals surface area contributed by atoms with Crippen molar-refractivity contribution < 1.29 is 4.79 Å². The van der Waals surface area contributed by atoms with Crippen LogP contribution in [0.5, 0.6) is 0 Å². The van der Waals surface area contributed by atoms with Gasteiger partial charge in [0.1, 0.15) is 0 Å². The van der Waals surface area contributed by atoms with Gasteiger partial charge in [-0.2, -0.15) is 0 Å². The zero-order valence-corrected chi connectivity index (χ0v) is 8.33. The number of carbonyl (C=O) groups is 1. The summed E-state index contributed by atoms with van der Waals surface area (Å²) in [6.07, 6.45) is 1.46. The van der Waals surface area contributed by atoms with Gasteiger partial charge in [0.2, 0.25) is 5.56 Å². The van der Waals surface area contributed by atoms with E-state index in [-0.39, 0.29) is 11.5 Å². The number of carbonyl (C=O) groups excluding carboxylic acids is 1. The SMILES string of the molecule is CC(C)CNC(=O)c1cc[nH]c(=O)c1. The van der Waals surface area contributed by atoms with Crippen molar-refractivity contribution in [2.24, 2.45) is 5.92 Å². The number of H-pyrrole nitrogens is 1. The van der Waals surface area contributed by atoms with Crippen LogP contribution in [0.15, 0.2) is 23.1 Å². The molecular weight excluding hydrogens is 180 g/mol. The summed E-state index contributed by atoms with van der Waals surface area (Å²) in [5, 5.41) is 2.73. The topological polar surface area (TPSA) is 62.0 Å². The number of amides is 1. The third-order valence-corrected chi connectivity index (χ3v) is 1.71. The summed E-state index contributed by atoms with van der Waals surface area (Å²) in [6, 6.07) is 2.87. The average Bonchev–Trinajstić information content (AvgIpc) is 2.14. The van der Waals surface area contributed by atoms with Crippen LogP contribution < -0.4 is 10.9 Å². The number of hydrogen-bond donors (Lipinski definition) is 2. The van der Waals surface area contributed by atoms with Crippen molar-refractivity contribution in [3.8, 4) is 0 Å². The highest BCUT2D eigenvalue weighted by molar-refractivity contribution is 5.93. The molecule has 14 heavy (non-hydrogen) atoms. The van der Waals surface area contributed by atoms with Crippen LogP contribution in [0.2, 0.25) is 0 Å². The molecule has 0 saturated heterocycles. The lowest BCUT2D eigenvalue weighted by atomic mass is 10.2. The Labute approximate surface area is 82.3 Å². The van der Waals surface area contributed by atoms with Crippen LogP contribution in [0.3, 0.4) is 0 Å². The fourth-order valence-electron chi connectivity index (χ4n) is 0.985. The van der Waals surface area contributed by atoms with E-state index in [1.807, 2.05) is 13.8 Å². The lowest BCUT2D eigenvalue weighted by Crippen LogP contribution is -2.28. The molecule has 4 heteroatoms. The molecule has 0 bridgehead atoms. The molecule has 0 aliphatic rings. The second kappa shape index (κ2) is 4.60. The molecule has 1 amide bonds. The molecule has 0 aliphatic heterocycles. The molecule has 4 nitrogen and oxygen atoms in total. The van der Waals surface area contributed by atoms with Gasteiger partial charge in [-0.05, 0) is 12.0 Å². The van der Waals surface area contributed by atoms with E-state index in [1.54, 1.807) is 6.07 Å². The van der Waals surface area contributed by atoms with E-state index in [0.717, 1.165) is 0 Å². The summed E-state index contributed by atoms with van der Waals surface area (Å²) in [5.41, 5.74) is 0.136. The maximum Gasteiger partial charge on any atom is 0.251 e. The first-order chi connectivity index (χ1) is 6.59. The highest BCUT2D eigenvalue weighted by Crippen LogP contribution is 1.94. The molecule has 1 aromatic rings. The molecule has 0 fully saturated rings. The average molecular weight is 194 g/mol. The van der Waals surface area contributed by atoms with Gasteiger partial charge in [-0.15, -0.1) is 0 Å². The molecule has 0 saturated carbocycles. The first-order valence-electron chi connectivity index (χ1n) is 4.56. The van der Waals surface area contributed by atoms with Gasteiger partial charge < -0.3 is 10.3 Å². The predicted octanol–water partition coefficient (Wildman–Crippen LogP) is 0.761. The van der Waals surface area contributed by atoms with Crippen molar-refractivity contribution in [2.75, 3.05) is 6.54 Å². The number of aromatic amines is 1. The van der Waals surface area contributed by atoms with Crippen LogP contribution in [0.4, 0.5) is 0 Å². The summed E-state index contributed by atoms with van der Waals surface area (Å²) in [7, 11) is 0. The molecule has 2 N–H and O–H groups in total. The molecule has 0 radical (unpaired) electrons. The maximum atomic E-state index is 11.4. The minimum atomic E-state index is -0.262. The Bertz CT molecular complexity index is 368. The number of aromatic nitrogens is 1. The van der Waals surface area contributed by atoms with Crippen molar-refractivity contribution in [2.45, 2.75) is 13.8 Å². The number of pyridine rings is 1. The summed E-state index contributed by atoms with van der Waals surface area (Å²) < 4.78 is 0. The second-order valence-electron chi connectivity index (χ2n) is 3.55. The minimum absolute atomic E-state index is 0.204. The quantitative estimate of drug-likeness (QED) is 0.746. The molecule has 1 heterocycles. The van der Waals surface area contributed by atoms with Crippen molar-refractivity contribution in [3.05, 3.63) is 34.2 Å². The molecule has 1 rings (SSSR count). The van der Waals surface area contributed by atoms with Gasteiger partial charge in [0, 0.05) is 24.4 Å². The van der Waals surface area contributed by atoms with Crippen molar-refractivity contribution in [1.29, 1.82) is 0 Å². The Hall–Kier alpha value is -1.58. The van der Waals surface area contributed by atoms with E-state index in [4.69, 9.17) is 0 Å². The normalized spacial score (nSPS) is 10.2. The molecular formula is C10H14N2O2.